The fraction of sp³-hybridized carbons (Fsp3) is 0.409. The van der Waals surface area contributed by atoms with E-state index in [9.17, 15) is 14.4 Å². The first-order valence-electron chi connectivity index (χ1n) is 9.91. The third-order valence-corrected chi connectivity index (χ3v) is 7.45. The number of carbonyl (C=O) groups is 2. The van der Waals surface area contributed by atoms with Gasteiger partial charge >= 0.3 is 5.97 Å². The molecule has 0 aliphatic carbocycles. The molecule has 2 aromatic rings. The summed E-state index contributed by atoms with van der Waals surface area (Å²) in [5, 5.41) is 8.75. The second kappa shape index (κ2) is 8.89. The number of aromatic nitrogens is 1. The van der Waals surface area contributed by atoms with Gasteiger partial charge in [-0.15, -0.1) is 23.5 Å². The molecule has 1 aromatic heterocycles. The maximum atomic E-state index is 13.2. The molecule has 2 atom stereocenters. The summed E-state index contributed by atoms with van der Waals surface area (Å²) >= 11 is 2.81. The zero-order valence-electron chi connectivity index (χ0n) is 16.7. The van der Waals surface area contributed by atoms with Crippen molar-refractivity contribution < 1.29 is 14.7 Å². The van der Waals surface area contributed by atoms with Crippen molar-refractivity contribution in [2.45, 2.75) is 23.8 Å². The Morgan fingerprint density at radius 3 is 2.53 bits per heavy atom. The minimum absolute atomic E-state index is 0.0164. The van der Waals surface area contributed by atoms with Crippen molar-refractivity contribution in [3.8, 4) is 11.1 Å². The number of rotatable bonds is 6. The van der Waals surface area contributed by atoms with Gasteiger partial charge in [-0.05, 0) is 48.4 Å². The van der Waals surface area contributed by atoms with Crippen LogP contribution in [-0.2, 0) is 16.1 Å². The number of pyridine rings is 1. The molecule has 2 aliphatic rings. The fourth-order valence-electron chi connectivity index (χ4n) is 4.46. The summed E-state index contributed by atoms with van der Waals surface area (Å²) in [5.74, 6) is -0.412. The maximum absolute atomic E-state index is 13.2. The van der Waals surface area contributed by atoms with Crippen LogP contribution >= 0.6 is 23.5 Å². The van der Waals surface area contributed by atoms with Crippen LogP contribution in [0.4, 0.5) is 0 Å². The molecule has 1 fully saturated rings. The highest BCUT2D eigenvalue weighted by atomic mass is 32.2. The minimum Gasteiger partial charge on any atom is -0.481 e. The fourth-order valence-corrected chi connectivity index (χ4v) is 5.50. The molecule has 2 unspecified atom stereocenters. The van der Waals surface area contributed by atoms with Crippen LogP contribution in [0.2, 0.25) is 0 Å². The van der Waals surface area contributed by atoms with Gasteiger partial charge in [-0.25, -0.2) is 0 Å². The Kier molecular flexibility index (Phi) is 6.24. The summed E-state index contributed by atoms with van der Waals surface area (Å²) in [4.78, 5) is 39.4. The van der Waals surface area contributed by atoms with Gasteiger partial charge in [0, 0.05) is 41.7 Å². The largest absolute Gasteiger partial charge is 0.481 e. The Morgan fingerprint density at radius 1 is 1.07 bits per heavy atom. The molecule has 1 amide bonds. The molecule has 0 radical (unpaired) electrons. The number of amides is 1. The van der Waals surface area contributed by atoms with Crippen molar-refractivity contribution >= 4 is 35.4 Å². The number of hydrogen-bond donors (Lipinski definition) is 1. The topological polar surface area (TPSA) is 79.6 Å². The van der Waals surface area contributed by atoms with E-state index in [0.29, 0.717) is 25.2 Å². The van der Waals surface area contributed by atoms with E-state index in [1.807, 2.05) is 52.1 Å². The third kappa shape index (κ3) is 4.30. The van der Waals surface area contributed by atoms with Crippen molar-refractivity contribution in [2.24, 2.45) is 5.92 Å². The first kappa shape index (κ1) is 21.1. The lowest BCUT2D eigenvalue weighted by Crippen LogP contribution is -2.49. The molecule has 4 rings (SSSR count). The SMILES string of the molecule is CSc1ccc(-c2ccc3n(c2=O)CC2CC3CN(C(=O)CSCC(=O)O)C2)cc1. The van der Waals surface area contributed by atoms with E-state index < -0.39 is 5.97 Å². The Bertz CT molecular complexity index is 1020. The highest BCUT2D eigenvalue weighted by molar-refractivity contribution is 8.00. The van der Waals surface area contributed by atoms with Gasteiger partial charge in [-0.1, -0.05) is 12.1 Å². The number of carbonyl (C=O) groups excluding carboxylic acids is 1. The average Bonchev–Trinajstić information content (AvgIpc) is 2.74. The van der Waals surface area contributed by atoms with Crippen LogP contribution < -0.4 is 5.56 Å². The zero-order valence-corrected chi connectivity index (χ0v) is 18.4. The number of benzene rings is 1. The standard InChI is InChI=1S/C22H24N2O4S2/c1-29-17-4-2-15(3-5-17)18-6-7-19-16-8-14(10-24(19)22(18)28)9-23(11-16)20(25)12-30-13-21(26)27/h2-7,14,16H,8-13H2,1H3,(H,26,27). The Hall–Kier alpha value is -2.19. The number of fused-ring (bicyclic) bond motifs is 4. The van der Waals surface area contributed by atoms with Crippen LogP contribution in [0.15, 0.2) is 46.1 Å². The highest BCUT2D eigenvalue weighted by Crippen LogP contribution is 2.36. The van der Waals surface area contributed by atoms with Crippen LogP contribution in [0.5, 0.6) is 0 Å². The smallest absolute Gasteiger partial charge is 0.313 e. The van der Waals surface area contributed by atoms with E-state index >= 15 is 0 Å². The predicted molar refractivity (Wildman–Crippen MR) is 120 cm³/mol. The van der Waals surface area contributed by atoms with E-state index in [0.717, 1.165) is 34.3 Å². The average molecular weight is 445 g/mol. The van der Waals surface area contributed by atoms with Crippen molar-refractivity contribution in [3.05, 3.63) is 52.4 Å². The lowest BCUT2D eigenvalue weighted by molar-refractivity contribution is -0.133. The molecule has 1 saturated heterocycles. The van der Waals surface area contributed by atoms with Gasteiger partial charge < -0.3 is 14.6 Å². The molecular formula is C22H24N2O4S2. The van der Waals surface area contributed by atoms with Gasteiger partial charge in [-0.2, -0.15) is 0 Å². The number of hydrogen-bond acceptors (Lipinski definition) is 5. The van der Waals surface area contributed by atoms with Crippen molar-refractivity contribution in [1.82, 2.24) is 9.47 Å². The molecule has 0 spiro atoms. The molecule has 0 saturated carbocycles. The van der Waals surface area contributed by atoms with Crippen molar-refractivity contribution in [3.63, 3.8) is 0 Å². The number of aliphatic carboxylic acids is 1. The van der Waals surface area contributed by atoms with E-state index in [1.54, 1.807) is 11.8 Å². The Labute approximate surface area is 183 Å². The third-order valence-electron chi connectivity index (χ3n) is 5.81. The molecule has 158 valence electrons. The number of likely N-dealkylation sites (tertiary alicyclic amines) is 1. The molecule has 30 heavy (non-hydrogen) atoms. The number of piperidine rings is 1. The molecule has 2 aliphatic heterocycles. The number of carboxylic acid groups (broad SMARTS) is 1. The zero-order chi connectivity index (χ0) is 21.3. The molecular weight excluding hydrogens is 420 g/mol. The summed E-state index contributed by atoms with van der Waals surface area (Å²) in [7, 11) is 0. The summed E-state index contributed by atoms with van der Waals surface area (Å²) in [6, 6.07) is 12.0. The van der Waals surface area contributed by atoms with Gasteiger partial charge in [0.1, 0.15) is 0 Å². The minimum atomic E-state index is -0.907. The molecule has 8 heteroatoms. The Balaban J connectivity index is 1.54. The van der Waals surface area contributed by atoms with E-state index in [4.69, 9.17) is 5.11 Å². The molecule has 3 heterocycles. The van der Waals surface area contributed by atoms with E-state index in [-0.39, 0.29) is 34.8 Å². The highest BCUT2D eigenvalue weighted by Gasteiger charge is 2.36. The number of nitrogens with zero attached hydrogens (tertiary/aromatic N) is 2. The summed E-state index contributed by atoms with van der Waals surface area (Å²) in [6.45, 7) is 1.83. The van der Waals surface area contributed by atoms with Crippen molar-refractivity contribution in [1.29, 1.82) is 0 Å². The van der Waals surface area contributed by atoms with Gasteiger partial charge in [-0.3, -0.25) is 14.4 Å². The second-order valence-electron chi connectivity index (χ2n) is 7.80. The van der Waals surface area contributed by atoms with E-state index in [2.05, 4.69) is 0 Å². The number of carboxylic acids is 1. The lowest BCUT2D eigenvalue weighted by atomic mass is 9.82. The first-order chi connectivity index (χ1) is 14.5. The normalized spacial score (nSPS) is 20.0. The molecule has 1 aromatic carbocycles. The van der Waals surface area contributed by atoms with Gasteiger partial charge in [0.25, 0.3) is 5.56 Å². The molecule has 2 bridgehead atoms. The van der Waals surface area contributed by atoms with Gasteiger partial charge in [0.05, 0.1) is 11.5 Å². The molecule has 6 nitrogen and oxygen atoms in total. The predicted octanol–water partition coefficient (Wildman–Crippen LogP) is 3.00. The Morgan fingerprint density at radius 2 is 1.83 bits per heavy atom. The van der Waals surface area contributed by atoms with Crippen LogP contribution in [0.25, 0.3) is 11.1 Å². The maximum Gasteiger partial charge on any atom is 0.313 e. The summed E-state index contributed by atoms with van der Waals surface area (Å²) < 4.78 is 1.90. The van der Waals surface area contributed by atoms with E-state index in [1.165, 1.54) is 0 Å². The van der Waals surface area contributed by atoms with Crippen LogP contribution in [0.1, 0.15) is 18.0 Å². The summed E-state index contributed by atoms with van der Waals surface area (Å²) in [5.41, 5.74) is 2.67. The van der Waals surface area contributed by atoms with Gasteiger partial charge in [0.2, 0.25) is 5.91 Å². The molecule has 1 N–H and O–H groups in total. The monoisotopic (exact) mass is 444 g/mol. The van der Waals surface area contributed by atoms with Crippen LogP contribution in [-0.4, -0.2) is 57.3 Å². The first-order valence-corrected chi connectivity index (χ1v) is 12.3. The van der Waals surface area contributed by atoms with Crippen molar-refractivity contribution in [2.75, 3.05) is 30.9 Å². The lowest BCUT2D eigenvalue weighted by Gasteiger charge is -2.43. The van der Waals surface area contributed by atoms with Gasteiger partial charge in [0.15, 0.2) is 0 Å². The summed E-state index contributed by atoms with van der Waals surface area (Å²) in [6.07, 6.45) is 3.01. The number of thioether (sulfide) groups is 2. The van der Waals surface area contributed by atoms with Crippen LogP contribution in [0.3, 0.4) is 0 Å². The van der Waals surface area contributed by atoms with Crippen LogP contribution in [0, 0.1) is 5.92 Å². The quantitative estimate of drug-likeness (QED) is 0.690. The second-order valence-corrected chi connectivity index (χ2v) is 9.67.